The van der Waals surface area contributed by atoms with Crippen molar-refractivity contribution in [1.82, 2.24) is 4.90 Å². The molecule has 0 amide bonds. The Bertz CT molecular complexity index is 611. The maximum atomic E-state index is 8.48. The Balaban J connectivity index is 0.000000382. The molecule has 0 spiro atoms. The molecule has 0 saturated heterocycles. The first-order chi connectivity index (χ1) is 14.3. The van der Waals surface area contributed by atoms with E-state index < -0.39 is 11.2 Å². The van der Waals surface area contributed by atoms with Crippen molar-refractivity contribution in [3.63, 3.8) is 0 Å². The van der Waals surface area contributed by atoms with E-state index in [-0.39, 0.29) is 19.8 Å². The second-order valence-electron chi connectivity index (χ2n) is 7.93. The van der Waals surface area contributed by atoms with Crippen LogP contribution in [0.5, 0.6) is 0 Å². The molecule has 6 heteroatoms. The van der Waals surface area contributed by atoms with Crippen molar-refractivity contribution in [1.29, 1.82) is 0 Å². The van der Waals surface area contributed by atoms with Gasteiger partial charge in [0.15, 0.2) is 0 Å². The quantitative estimate of drug-likeness (QED) is 0.384. The van der Waals surface area contributed by atoms with E-state index in [1.807, 2.05) is 88.4 Å². The van der Waals surface area contributed by atoms with E-state index in [0.717, 1.165) is 11.1 Å². The maximum absolute atomic E-state index is 8.48. The van der Waals surface area contributed by atoms with Crippen LogP contribution in [-0.2, 0) is 21.0 Å². The minimum Gasteiger partial charge on any atom is -0.395 e. The minimum absolute atomic E-state index is 0.0694. The van der Waals surface area contributed by atoms with Crippen molar-refractivity contribution in [3.8, 4) is 0 Å². The molecule has 0 aliphatic heterocycles. The summed E-state index contributed by atoms with van der Waals surface area (Å²) in [5, 5.41) is 25.5. The summed E-state index contributed by atoms with van der Waals surface area (Å²) in [6, 6.07) is 20.2. The lowest BCUT2D eigenvalue weighted by molar-refractivity contribution is -0.410. The van der Waals surface area contributed by atoms with Crippen LogP contribution in [0, 0.1) is 0 Å². The molecule has 168 valence electrons. The first-order valence-electron chi connectivity index (χ1n) is 10.3. The third-order valence-electron chi connectivity index (χ3n) is 4.64. The molecule has 0 radical (unpaired) electrons. The van der Waals surface area contributed by atoms with E-state index in [4.69, 9.17) is 25.1 Å². The van der Waals surface area contributed by atoms with Crippen LogP contribution in [-0.4, -0.2) is 59.7 Å². The van der Waals surface area contributed by atoms with Crippen molar-refractivity contribution in [2.24, 2.45) is 0 Å². The fourth-order valence-electron chi connectivity index (χ4n) is 2.74. The number of hydrogen-bond acceptors (Lipinski definition) is 6. The molecule has 0 bridgehead atoms. The normalized spacial score (nSPS) is 11.9. The second-order valence-corrected chi connectivity index (χ2v) is 7.93. The Morgan fingerprint density at radius 1 is 0.600 bits per heavy atom. The van der Waals surface area contributed by atoms with E-state index in [2.05, 4.69) is 0 Å². The summed E-state index contributed by atoms with van der Waals surface area (Å²) < 4.78 is 0. The fraction of sp³-hybridized carbons (Fsp3) is 0.500. The molecule has 30 heavy (non-hydrogen) atoms. The average Bonchev–Trinajstić information content (AvgIpc) is 2.75. The summed E-state index contributed by atoms with van der Waals surface area (Å²) in [6.45, 7) is 9.77. The third kappa shape index (κ3) is 9.34. The standard InChI is InChI=1S/C18H22O2.C6H15NO3/c1-17(2,15-11-7-5-8-12-15)19-20-18(3,4)16-13-9-6-10-14-16;8-4-1-7(2-5-9)3-6-10/h5-14H,1-4H3;8-10H,1-6H2. The van der Waals surface area contributed by atoms with Crippen molar-refractivity contribution in [2.75, 3.05) is 39.5 Å². The molecular formula is C24H37NO5. The molecule has 6 nitrogen and oxygen atoms in total. The van der Waals surface area contributed by atoms with Crippen molar-refractivity contribution in [3.05, 3.63) is 71.8 Å². The molecular weight excluding hydrogens is 382 g/mol. The Kier molecular flexibility index (Phi) is 11.8. The highest BCUT2D eigenvalue weighted by molar-refractivity contribution is 5.22. The maximum Gasteiger partial charge on any atom is 0.123 e. The lowest BCUT2D eigenvalue weighted by Gasteiger charge is -2.31. The van der Waals surface area contributed by atoms with E-state index in [9.17, 15) is 0 Å². The topological polar surface area (TPSA) is 82.4 Å². The largest absolute Gasteiger partial charge is 0.395 e. The van der Waals surface area contributed by atoms with Crippen molar-refractivity contribution in [2.45, 2.75) is 38.9 Å². The first kappa shape index (κ1) is 26.2. The molecule has 2 rings (SSSR count). The first-order valence-corrected chi connectivity index (χ1v) is 10.3. The minimum atomic E-state index is -0.493. The molecule has 0 fully saturated rings. The summed E-state index contributed by atoms with van der Waals surface area (Å²) in [7, 11) is 0. The fourth-order valence-corrected chi connectivity index (χ4v) is 2.74. The van der Waals surface area contributed by atoms with E-state index in [0.29, 0.717) is 19.6 Å². The monoisotopic (exact) mass is 419 g/mol. The van der Waals surface area contributed by atoms with Crippen LogP contribution < -0.4 is 0 Å². The van der Waals surface area contributed by atoms with Crippen molar-refractivity contribution < 1.29 is 25.1 Å². The van der Waals surface area contributed by atoms with E-state index >= 15 is 0 Å². The number of hydrogen-bond donors (Lipinski definition) is 3. The van der Waals surface area contributed by atoms with Gasteiger partial charge in [0.2, 0.25) is 0 Å². The van der Waals surface area contributed by atoms with Gasteiger partial charge in [-0.25, -0.2) is 9.78 Å². The van der Waals surface area contributed by atoms with Crippen LogP contribution in [0.15, 0.2) is 60.7 Å². The molecule has 0 unspecified atom stereocenters. The Morgan fingerprint density at radius 2 is 0.900 bits per heavy atom. The molecule has 0 heterocycles. The van der Waals surface area contributed by atoms with Crippen LogP contribution >= 0.6 is 0 Å². The predicted molar refractivity (Wildman–Crippen MR) is 119 cm³/mol. The van der Waals surface area contributed by atoms with Crippen LogP contribution in [0.25, 0.3) is 0 Å². The Labute approximate surface area is 180 Å². The van der Waals surface area contributed by atoms with Gasteiger partial charge in [0.25, 0.3) is 0 Å². The third-order valence-corrected chi connectivity index (χ3v) is 4.64. The summed E-state index contributed by atoms with van der Waals surface area (Å²) in [5.41, 5.74) is 1.19. The zero-order valence-corrected chi connectivity index (χ0v) is 18.6. The van der Waals surface area contributed by atoms with Gasteiger partial charge in [-0.15, -0.1) is 0 Å². The molecule has 3 N–H and O–H groups in total. The number of rotatable bonds is 11. The number of benzene rings is 2. The van der Waals surface area contributed by atoms with Gasteiger partial charge in [-0.05, 0) is 38.8 Å². The molecule has 0 saturated carbocycles. The van der Waals surface area contributed by atoms with Gasteiger partial charge in [-0.1, -0.05) is 60.7 Å². The molecule has 0 aliphatic carbocycles. The van der Waals surface area contributed by atoms with Gasteiger partial charge in [0.05, 0.1) is 19.8 Å². The van der Waals surface area contributed by atoms with Crippen LogP contribution in [0.2, 0.25) is 0 Å². The predicted octanol–water partition coefficient (Wildman–Crippen LogP) is 3.07. The lowest BCUT2D eigenvalue weighted by Crippen LogP contribution is -2.32. The smallest absolute Gasteiger partial charge is 0.123 e. The van der Waals surface area contributed by atoms with E-state index in [1.54, 1.807) is 4.90 Å². The molecule has 0 aromatic heterocycles. The number of aliphatic hydroxyl groups is 3. The molecule has 2 aromatic rings. The molecule has 0 atom stereocenters. The van der Waals surface area contributed by atoms with Gasteiger partial charge in [0, 0.05) is 19.6 Å². The highest BCUT2D eigenvalue weighted by atomic mass is 17.2. The average molecular weight is 420 g/mol. The van der Waals surface area contributed by atoms with Crippen LogP contribution in [0.4, 0.5) is 0 Å². The van der Waals surface area contributed by atoms with Gasteiger partial charge in [-0.3, -0.25) is 4.90 Å². The summed E-state index contributed by atoms with van der Waals surface area (Å²) in [6.07, 6.45) is 0. The van der Waals surface area contributed by atoms with Crippen LogP contribution in [0.1, 0.15) is 38.8 Å². The summed E-state index contributed by atoms with van der Waals surface area (Å²) in [4.78, 5) is 13.3. The second kappa shape index (κ2) is 13.5. The highest BCUT2D eigenvalue weighted by Gasteiger charge is 2.29. The molecule has 2 aromatic carbocycles. The van der Waals surface area contributed by atoms with Gasteiger partial charge < -0.3 is 15.3 Å². The van der Waals surface area contributed by atoms with Crippen LogP contribution in [0.3, 0.4) is 0 Å². The van der Waals surface area contributed by atoms with Gasteiger partial charge >= 0.3 is 0 Å². The van der Waals surface area contributed by atoms with Crippen molar-refractivity contribution >= 4 is 0 Å². The SMILES string of the molecule is CC(C)(OOC(C)(C)c1ccccc1)c1ccccc1.OCCN(CCO)CCO. The Hall–Kier alpha value is -1.80. The van der Waals surface area contributed by atoms with Gasteiger partial charge in [0.1, 0.15) is 11.2 Å². The Morgan fingerprint density at radius 3 is 1.17 bits per heavy atom. The summed E-state index contributed by atoms with van der Waals surface area (Å²) >= 11 is 0. The molecule has 0 aliphatic rings. The van der Waals surface area contributed by atoms with Gasteiger partial charge in [-0.2, -0.15) is 0 Å². The lowest BCUT2D eigenvalue weighted by atomic mass is 9.98. The zero-order valence-electron chi connectivity index (χ0n) is 18.6. The highest BCUT2D eigenvalue weighted by Crippen LogP contribution is 2.31. The number of aliphatic hydroxyl groups excluding tert-OH is 3. The van der Waals surface area contributed by atoms with E-state index in [1.165, 1.54) is 0 Å². The zero-order chi connectivity index (χ0) is 22.5. The summed E-state index contributed by atoms with van der Waals surface area (Å²) in [5.74, 6) is 0. The number of nitrogens with zero attached hydrogens (tertiary/aromatic N) is 1.